The fourth-order valence-electron chi connectivity index (χ4n) is 4.74. The van der Waals surface area contributed by atoms with Crippen molar-refractivity contribution < 1.29 is 13.9 Å². The van der Waals surface area contributed by atoms with Gasteiger partial charge in [-0.2, -0.15) is 0 Å². The van der Waals surface area contributed by atoms with E-state index in [0.717, 1.165) is 81.3 Å². The first-order valence-electron chi connectivity index (χ1n) is 10.3. The largest absolute Gasteiger partial charge is 0.466 e. The van der Waals surface area contributed by atoms with Crippen LogP contribution in [0.3, 0.4) is 0 Å². The van der Waals surface area contributed by atoms with E-state index in [2.05, 4.69) is 14.8 Å². The predicted octanol–water partition coefficient (Wildman–Crippen LogP) is 2.94. The number of hydrogen-bond donors (Lipinski definition) is 0. The summed E-state index contributed by atoms with van der Waals surface area (Å²) in [7, 11) is 1.72. The lowest BCUT2D eigenvalue weighted by atomic mass is 9.72. The number of hydrogen-bond acceptors (Lipinski definition) is 5. The summed E-state index contributed by atoms with van der Waals surface area (Å²) in [6, 6.07) is 1.86. The number of carbonyl (C=O) groups excluding carboxylic acids is 1. The van der Waals surface area contributed by atoms with Gasteiger partial charge >= 0.3 is 0 Å². The zero-order valence-electron chi connectivity index (χ0n) is 17.2. The minimum absolute atomic E-state index is 0.108. The van der Waals surface area contributed by atoms with Gasteiger partial charge < -0.3 is 18.6 Å². The van der Waals surface area contributed by atoms with Gasteiger partial charge in [-0.15, -0.1) is 10.2 Å². The summed E-state index contributed by atoms with van der Waals surface area (Å²) >= 11 is 0. The monoisotopic (exact) mass is 386 g/mol. The van der Waals surface area contributed by atoms with Crippen molar-refractivity contribution in [2.24, 2.45) is 5.41 Å². The number of piperidine rings is 1. The zero-order valence-corrected chi connectivity index (χ0v) is 17.2. The van der Waals surface area contributed by atoms with Crippen LogP contribution in [0.5, 0.6) is 0 Å². The van der Waals surface area contributed by atoms with Crippen molar-refractivity contribution in [3.63, 3.8) is 0 Å². The molecule has 7 heteroatoms. The van der Waals surface area contributed by atoms with Crippen LogP contribution >= 0.6 is 0 Å². The molecule has 2 aliphatic rings. The number of methoxy groups -OCH3 is 1. The lowest BCUT2D eigenvalue weighted by molar-refractivity contribution is 0.0534. The van der Waals surface area contributed by atoms with Gasteiger partial charge in [0.1, 0.15) is 23.2 Å². The van der Waals surface area contributed by atoms with Crippen molar-refractivity contribution in [2.45, 2.75) is 58.9 Å². The van der Waals surface area contributed by atoms with Crippen LogP contribution in [0.1, 0.15) is 59.2 Å². The first-order valence-corrected chi connectivity index (χ1v) is 10.3. The number of aryl methyl sites for hydroxylation is 3. The molecular weight excluding hydrogens is 356 g/mol. The maximum Gasteiger partial charge on any atom is 0.257 e. The van der Waals surface area contributed by atoms with Crippen molar-refractivity contribution in [3.05, 3.63) is 34.8 Å². The summed E-state index contributed by atoms with van der Waals surface area (Å²) in [6.07, 6.45) is 6.14. The fourth-order valence-corrected chi connectivity index (χ4v) is 4.74. The van der Waals surface area contributed by atoms with E-state index in [1.807, 2.05) is 24.8 Å². The second kappa shape index (κ2) is 7.70. The first kappa shape index (κ1) is 19.2. The topological polar surface area (TPSA) is 73.4 Å². The number of aromatic nitrogens is 3. The number of ether oxygens (including phenoxy) is 1. The van der Waals surface area contributed by atoms with Crippen LogP contribution in [-0.2, 0) is 24.1 Å². The smallest absolute Gasteiger partial charge is 0.257 e. The summed E-state index contributed by atoms with van der Waals surface area (Å²) in [6.45, 7) is 7.04. The standard InChI is InChI=1S/C21H30N4O3/c1-15-14-17(16(2)28-15)20(26)24-10-7-21(8-11-24)6-4-18-22-23-19(5-13-27-3)25(18)12-9-21/h14H,4-13H2,1-3H3. The highest BCUT2D eigenvalue weighted by atomic mass is 16.5. The van der Waals surface area contributed by atoms with Gasteiger partial charge in [-0.25, -0.2) is 0 Å². The van der Waals surface area contributed by atoms with Crippen molar-refractivity contribution in [1.82, 2.24) is 19.7 Å². The van der Waals surface area contributed by atoms with Crippen LogP contribution in [0.4, 0.5) is 0 Å². The Hall–Kier alpha value is -2.15. The molecule has 7 nitrogen and oxygen atoms in total. The molecule has 0 atom stereocenters. The predicted molar refractivity (Wildman–Crippen MR) is 104 cm³/mol. The molecule has 152 valence electrons. The van der Waals surface area contributed by atoms with Gasteiger partial charge in [-0.05, 0) is 51.0 Å². The van der Waals surface area contributed by atoms with Crippen LogP contribution in [0, 0.1) is 19.3 Å². The van der Waals surface area contributed by atoms with Crippen molar-refractivity contribution in [1.29, 1.82) is 0 Å². The average Bonchev–Trinajstić information content (AvgIpc) is 3.19. The Morgan fingerprint density at radius 2 is 1.93 bits per heavy atom. The summed E-state index contributed by atoms with van der Waals surface area (Å²) in [5.41, 5.74) is 1.01. The Kier molecular flexibility index (Phi) is 5.27. The molecule has 2 aromatic rings. The lowest BCUT2D eigenvalue weighted by Gasteiger charge is -2.41. The third kappa shape index (κ3) is 3.60. The Labute approximate surface area is 166 Å². The quantitative estimate of drug-likeness (QED) is 0.808. The highest BCUT2D eigenvalue weighted by molar-refractivity contribution is 5.95. The summed E-state index contributed by atoms with van der Waals surface area (Å²) < 4.78 is 13.0. The molecule has 1 amide bonds. The molecule has 0 radical (unpaired) electrons. The second-order valence-electron chi connectivity index (χ2n) is 8.30. The minimum Gasteiger partial charge on any atom is -0.466 e. The Balaban J connectivity index is 1.40. The number of likely N-dealkylation sites (tertiary alicyclic amines) is 1. The lowest BCUT2D eigenvalue weighted by Crippen LogP contribution is -2.43. The zero-order chi connectivity index (χ0) is 19.7. The molecule has 28 heavy (non-hydrogen) atoms. The van der Waals surface area contributed by atoms with Gasteiger partial charge in [0, 0.05) is 39.6 Å². The summed E-state index contributed by atoms with van der Waals surface area (Å²) in [5.74, 6) is 3.76. The minimum atomic E-state index is 0.108. The Bertz CT molecular complexity index is 846. The number of nitrogens with zero attached hydrogens (tertiary/aromatic N) is 4. The van der Waals surface area contributed by atoms with E-state index in [4.69, 9.17) is 9.15 Å². The SMILES string of the molecule is COCCc1nnc2n1CCC1(CC2)CCN(C(=O)c2cc(C)oc2C)CC1. The van der Waals surface area contributed by atoms with E-state index in [1.54, 1.807) is 7.11 Å². The molecule has 2 aliphatic heterocycles. The fraction of sp³-hybridized carbons (Fsp3) is 0.667. The van der Waals surface area contributed by atoms with Gasteiger partial charge in [0.05, 0.1) is 12.2 Å². The molecule has 0 unspecified atom stereocenters. The van der Waals surface area contributed by atoms with Crippen LogP contribution in [0.2, 0.25) is 0 Å². The molecule has 0 saturated carbocycles. The van der Waals surface area contributed by atoms with Gasteiger partial charge in [-0.1, -0.05) is 0 Å². The molecule has 4 heterocycles. The van der Waals surface area contributed by atoms with Crippen molar-refractivity contribution in [3.8, 4) is 0 Å². The highest BCUT2D eigenvalue weighted by Gasteiger charge is 2.38. The number of fused-ring (bicyclic) bond motifs is 1. The molecule has 0 N–H and O–H groups in total. The number of amides is 1. The van der Waals surface area contributed by atoms with E-state index in [-0.39, 0.29) is 5.91 Å². The van der Waals surface area contributed by atoms with Crippen LogP contribution in [-0.4, -0.2) is 52.4 Å². The normalized spacial score (nSPS) is 18.9. The van der Waals surface area contributed by atoms with Crippen LogP contribution < -0.4 is 0 Å². The van der Waals surface area contributed by atoms with Crippen molar-refractivity contribution >= 4 is 5.91 Å². The van der Waals surface area contributed by atoms with Crippen molar-refractivity contribution in [2.75, 3.05) is 26.8 Å². The molecule has 1 fully saturated rings. The van der Waals surface area contributed by atoms with E-state index >= 15 is 0 Å². The summed E-state index contributed by atoms with van der Waals surface area (Å²) in [4.78, 5) is 14.9. The highest BCUT2D eigenvalue weighted by Crippen LogP contribution is 2.42. The van der Waals surface area contributed by atoms with E-state index in [9.17, 15) is 4.79 Å². The number of carbonyl (C=O) groups is 1. The van der Waals surface area contributed by atoms with Gasteiger partial charge in [0.2, 0.25) is 0 Å². The Morgan fingerprint density at radius 1 is 1.18 bits per heavy atom. The number of rotatable bonds is 4. The number of furan rings is 1. The molecule has 4 rings (SSSR count). The van der Waals surface area contributed by atoms with E-state index in [0.29, 0.717) is 17.6 Å². The van der Waals surface area contributed by atoms with Crippen LogP contribution in [0.25, 0.3) is 0 Å². The Morgan fingerprint density at radius 3 is 2.61 bits per heavy atom. The second-order valence-corrected chi connectivity index (χ2v) is 8.30. The van der Waals surface area contributed by atoms with Gasteiger partial charge in [0.25, 0.3) is 5.91 Å². The molecule has 0 aromatic carbocycles. The van der Waals surface area contributed by atoms with Gasteiger partial charge in [-0.3, -0.25) is 4.79 Å². The van der Waals surface area contributed by atoms with E-state index < -0.39 is 0 Å². The molecule has 1 spiro atoms. The molecule has 0 aliphatic carbocycles. The average molecular weight is 386 g/mol. The van der Waals surface area contributed by atoms with E-state index in [1.165, 1.54) is 0 Å². The third-order valence-electron chi connectivity index (χ3n) is 6.56. The molecule has 0 bridgehead atoms. The van der Waals surface area contributed by atoms with Gasteiger partial charge in [0.15, 0.2) is 0 Å². The molecular formula is C21H30N4O3. The third-order valence-corrected chi connectivity index (χ3v) is 6.56. The maximum absolute atomic E-state index is 12.9. The molecule has 1 saturated heterocycles. The first-order chi connectivity index (χ1) is 13.5. The van der Waals surface area contributed by atoms with Crippen LogP contribution in [0.15, 0.2) is 10.5 Å². The maximum atomic E-state index is 12.9. The molecule has 2 aromatic heterocycles. The summed E-state index contributed by atoms with van der Waals surface area (Å²) in [5, 5.41) is 8.79.